The predicted molar refractivity (Wildman–Crippen MR) is 115 cm³/mol. The number of likely N-dealkylation sites (tertiary alicyclic amines) is 1. The molecule has 0 saturated carbocycles. The molecule has 0 aliphatic carbocycles. The first-order chi connectivity index (χ1) is 13.9. The van der Waals surface area contributed by atoms with Crippen molar-refractivity contribution in [3.63, 3.8) is 0 Å². The van der Waals surface area contributed by atoms with Gasteiger partial charge in [-0.3, -0.25) is 4.79 Å². The Balaban J connectivity index is 1.56. The smallest absolute Gasteiger partial charge is 0.256 e. The van der Waals surface area contributed by atoms with E-state index in [2.05, 4.69) is 43.4 Å². The molecule has 1 aliphatic rings. The molecule has 2 N–H and O–H groups in total. The van der Waals surface area contributed by atoms with Crippen LogP contribution in [0.15, 0.2) is 48.5 Å². The molecule has 0 aromatic heterocycles. The van der Waals surface area contributed by atoms with Crippen LogP contribution in [0.4, 0.5) is 0 Å². The molecule has 156 valence electrons. The highest BCUT2D eigenvalue weighted by Crippen LogP contribution is 2.24. The Hall–Kier alpha value is -2.37. The first-order valence-corrected chi connectivity index (χ1v) is 10.4. The van der Waals surface area contributed by atoms with Crippen LogP contribution in [0.25, 0.3) is 0 Å². The van der Waals surface area contributed by atoms with Crippen LogP contribution in [0.2, 0.25) is 0 Å². The number of piperidine rings is 1. The molecule has 1 fully saturated rings. The SMILES string of the molecule is COc1ccc(CNCC2(O)CCCN(Cc3ccc(C(C)C)cc3)C2=O)cc1. The molecule has 1 atom stereocenters. The van der Waals surface area contributed by atoms with Gasteiger partial charge in [0.15, 0.2) is 5.60 Å². The van der Waals surface area contributed by atoms with E-state index in [1.807, 2.05) is 24.3 Å². The number of amides is 1. The maximum absolute atomic E-state index is 13.0. The molecule has 0 bridgehead atoms. The number of carbonyl (C=O) groups excluding carboxylic acids is 1. The number of ether oxygens (including phenoxy) is 1. The van der Waals surface area contributed by atoms with E-state index in [0.717, 1.165) is 23.3 Å². The second-order valence-electron chi connectivity index (χ2n) is 8.21. The largest absolute Gasteiger partial charge is 0.497 e. The molecule has 1 unspecified atom stereocenters. The van der Waals surface area contributed by atoms with Gasteiger partial charge in [-0.05, 0) is 47.6 Å². The lowest BCUT2D eigenvalue weighted by Gasteiger charge is -2.38. The average Bonchev–Trinajstić information content (AvgIpc) is 2.72. The van der Waals surface area contributed by atoms with Crippen molar-refractivity contribution >= 4 is 5.91 Å². The van der Waals surface area contributed by atoms with Crippen LogP contribution < -0.4 is 10.1 Å². The molecule has 0 radical (unpaired) electrons. The molecule has 1 saturated heterocycles. The number of aliphatic hydroxyl groups is 1. The van der Waals surface area contributed by atoms with Crippen molar-refractivity contribution in [2.45, 2.75) is 51.3 Å². The van der Waals surface area contributed by atoms with E-state index in [4.69, 9.17) is 4.74 Å². The number of rotatable bonds is 8. The first-order valence-electron chi connectivity index (χ1n) is 10.4. The fraction of sp³-hybridized carbons (Fsp3) is 0.458. The molecule has 5 nitrogen and oxygen atoms in total. The summed E-state index contributed by atoms with van der Waals surface area (Å²) in [5.74, 6) is 1.12. The second-order valence-corrected chi connectivity index (χ2v) is 8.21. The molecule has 29 heavy (non-hydrogen) atoms. The van der Waals surface area contributed by atoms with Gasteiger partial charge in [0.05, 0.1) is 7.11 Å². The average molecular weight is 397 g/mol. The van der Waals surface area contributed by atoms with Crippen molar-refractivity contribution in [1.82, 2.24) is 10.2 Å². The number of carbonyl (C=O) groups is 1. The van der Waals surface area contributed by atoms with Crippen LogP contribution in [-0.4, -0.2) is 41.7 Å². The predicted octanol–water partition coefficient (Wildman–Crippen LogP) is 3.46. The van der Waals surface area contributed by atoms with E-state index in [1.54, 1.807) is 12.0 Å². The number of hydrogen-bond acceptors (Lipinski definition) is 4. The molecule has 0 spiro atoms. The molecule has 1 aliphatic heterocycles. The van der Waals surface area contributed by atoms with Crippen LogP contribution in [0.5, 0.6) is 5.75 Å². The van der Waals surface area contributed by atoms with Crippen molar-refractivity contribution in [3.8, 4) is 5.75 Å². The van der Waals surface area contributed by atoms with E-state index in [-0.39, 0.29) is 12.5 Å². The summed E-state index contributed by atoms with van der Waals surface area (Å²) in [4.78, 5) is 14.8. The Labute approximate surface area is 173 Å². The van der Waals surface area contributed by atoms with Gasteiger partial charge in [-0.25, -0.2) is 0 Å². The molecule has 1 heterocycles. The third-order valence-corrected chi connectivity index (χ3v) is 5.63. The number of nitrogens with zero attached hydrogens (tertiary/aromatic N) is 1. The van der Waals surface area contributed by atoms with E-state index < -0.39 is 5.60 Å². The summed E-state index contributed by atoms with van der Waals surface area (Å²) in [5.41, 5.74) is 2.12. The summed E-state index contributed by atoms with van der Waals surface area (Å²) in [6, 6.07) is 16.2. The number of benzene rings is 2. The first kappa shape index (κ1) is 21.3. The zero-order valence-electron chi connectivity index (χ0n) is 17.6. The Morgan fingerprint density at radius 2 is 1.76 bits per heavy atom. The molecule has 1 amide bonds. The third kappa shape index (κ3) is 5.37. The van der Waals surface area contributed by atoms with Gasteiger partial charge in [0, 0.05) is 26.2 Å². The van der Waals surface area contributed by atoms with E-state index in [9.17, 15) is 9.90 Å². The number of nitrogens with one attached hydrogen (secondary N) is 1. The summed E-state index contributed by atoms with van der Waals surface area (Å²) >= 11 is 0. The van der Waals surface area contributed by atoms with Crippen LogP contribution >= 0.6 is 0 Å². The van der Waals surface area contributed by atoms with Gasteiger partial charge in [0.25, 0.3) is 5.91 Å². The van der Waals surface area contributed by atoms with E-state index in [1.165, 1.54) is 5.56 Å². The zero-order valence-corrected chi connectivity index (χ0v) is 17.6. The van der Waals surface area contributed by atoms with Crippen molar-refractivity contribution in [2.75, 3.05) is 20.2 Å². The fourth-order valence-corrected chi connectivity index (χ4v) is 3.77. The second kappa shape index (κ2) is 9.42. The maximum atomic E-state index is 13.0. The van der Waals surface area contributed by atoms with Gasteiger partial charge in [-0.15, -0.1) is 0 Å². The lowest BCUT2D eigenvalue weighted by atomic mass is 9.91. The monoisotopic (exact) mass is 396 g/mol. The van der Waals surface area contributed by atoms with Crippen LogP contribution in [0.1, 0.15) is 49.3 Å². The van der Waals surface area contributed by atoms with Gasteiger partial charge in [-0.2, -0.15) is 0 Å². The molecule has 2 aromatic rings. The van der Waals surface area contributed by atoms with Gasteiger partial charge in [0.1, 0.15) is 5.75 Å². The lowest BCUT2D eigenvalue weighted by molar-refractivity contribution is -0.157. The van der Waals surface area contributed by atoms with Crippen molar-refractivity contribution < 1.29 is 14.6 Å². The number of methoxy groups -OCH3 is 1. The quantitative estimate of drug-likeness (QED) is 0.717. The molecule has 5 heteroatoms. The maximum Gasteiger partial charge on any atom is 0.256 e. The fourth-order valence-electron chi connectivity index (χ4n) is 3.77. The summed E-state index contributed by atoms with van der Waals surface area (Å²) in [6.45, 7) is 6.41. The summed E-state index contributed by atoms with van der Waals surface area (Å²) in [7, 11) is 1.64. The van der Waals surface area contributed by atoms with Gasteiger partial charge in [-0.1, -0.05) is 50.2 Å². The Bertz CT molecular complexity index is 802. The minimum atomic E-state index is -1.34. The molecule has 3 rings (SSSR count). The summed E-state index contributed by atoms with van der Waals surface area (Å²) in [6.07, 6.45) is 1.29. The van der Waals surface area contributed by atoms with Gasteiger partial charge in [0.2, 0.25) is 0 Å². The van der Waals surface area contributed by atoms with E-state index >= 15 is 0 Å². The van der Waals surface area contributed by atoms with Crippen molar-refractivity contribution in [2.24, 2.45) is 0 Å². The van der Waals surface area contributed by atoms with Crippen molar-refractivity contribution in [3.05, 3.63) is 65.2 Å². The Morgan fingerprint density at radius 1 is 1.10 bits per heavy atom. The Kier molecular flexibility index (Phi) is 6.93. The highest BCUT2D eigenvalue weighted by molar-refractivity contribution is 5.86. The normalized spacial score (nSPS) is 19.6. The van der Waals surface area contributed by atoms with Crippen LogP contribution in [-0.2, 0) is 17.9 Å². The van der Waals surface area contributed by atoms with Crippen LogP contribution in [0.3, 0.4) is 0 Å². The minimum absolute atomic E-state index is 0.182. The molecular formula is C24H32N2O3. The van der Waals surface area contributed by atoms with Crippen LogP contribution in [0, 0.1) is 0 Å². The third-order valence-electron chi connectivity index (χ3n) is 5.63. The molecule has 2 aromatic carbocycles. The molecular weight excluding hydrogens is 364 g/mol. The highest BCUT2D eigenvalue weighted by atomic mass is 16.5. The topological polar surface area (TPSA) is 61.8 Å². The van der Waals surface area contributed by atoms with Gasteiger partial charge >= 0.3 is 0 Å². The zero-order chi connectivity index (χ0) is 20.9. The minimum Gasteiger partial charge on any atom is -0.497 e. The summed E-state index contributed by atoms with van der Waals surface area (Å²) < 4.78 is 5.17. The Morgan fingerprint density at radius 3 is 2.38 bits per heavy atom. The van der Waals surface area contributed by atoms with E-state index in [0.29, 0.717) is 32.0 Å². The summed E-state index contributed by atoms with van der Waals surface area (Å²) in [5, 5.41) is 14.2. The highest BCUT2D eigenvalue weighted by Gasteiger charge is 2.41. The number of hydrogen-bond donors (Lipinski definition) is 2. The van der Waals surface area contributed by atoms with Gasteiger partial charge < -0.3 is 20.1 Å². The lowest BCUT2D eigenvalue weighted by Crippen LogP contribution is -2.57. The van der Waals surface area contributed by atoms with Crippen molar-refractivity contribution in [1.29, 1.82) is 0 Å². The standard InChI is InChI=1S/C24H32N2O3/c1-18(2)21-9-5-20(6-10-21)16-26-14-4-13-24(28,23(26)27)17-25-15-19-7-11-22(29-3)12-8-19/h5-12,18,25,28H,4,13-17H2,1-3H3.